The van der Waals surface area contributed by atoms with E-state index < -0.39 is 24.2 Å². The van der Waals surface area contributed by atoms with E-state index >= 15 is 0 Å². The van der Waals surface area contributed by atoms with Gasteiger partial charge in [-0.1, -0.05) is 249 Å². The largest absolute Gasteiger partial charge is 0.394 e. The van der Waals surface area contributed by atoms with E-state index in [1.165, 1.54) is 205 Å². The molecule has 0 spiro atoms. The second kappa shape index (κ2) is 47.3. The lowest BCUT2D eigenvalue weighted by Crippen LogP contribution is -2.48. The average Bonchev–Trinajstić information content (AvgIpc) is 3.22. The van der Waals surface area contributed by atoms with Crippen molar-refractivity contribution in [2.45, 2.75) is 283 Å². The number of amides is 1. The van der Waals surface area contributed by atoms with Gasteiger partial charge in [0.05, 0.1) is 18.8 Å². The molecule has 0 radical (unpaired) electrons. The molecule has 0 aromatic heterocycles. The molecular weight excluding hydrogens is 703 g/mol. The van der Waals surface area contributed by atoms with Crippen LogP contribution in [0.5, 0.6) is 0 Å². The van der Waals surface area contributed by atoms with Crippen molar-refractivity contribution in [2.24, 2.45) is 0 Å². The summed E-state index contributed by atoms with van der Waals surface area (Å²) in [5.41, 5.74) is 0. The molecule has 1 amide bonds. The fourth-order valence-electron chi connectivity index (χ4n) is 7.75. The van der Waals surface area contributed by atoms with Crippen LogP contribution in [0, 0.1) is 0 Å². The van der Waals surface area contributed by atoms with Crippen LogP contribution in [0.15, 0.2) is 36.5 Å². The molecule has 3 unspecified atom stereocenters. The van der Waals surface area contributed by atoms with Crippen molar-refractivity contribution < 1.29 is 20.1 Å². The normalized spacial score (nSPS) is 13.7. The fraction of sp³-hybridized carbons (Fsp3) is 0.865. The number of rotatable bonds is 46. The standard InChI is InChI=1S/C52H99NO4/c1-3-5-7-9-11-13-15-17-18-19-20-21-22-23-24-25-26-27-28-29-30-31-32-33-35-37-39-41-43-45-47-51(56)52(57)53-49(48-54)50(55)46-44-42-40-38-36-34-16-14-12-10-8-6-4-2/h20-21,23-24,44,46,49-51,54-56H,3-19,22,25-43,45,47-48H2,1-2H3,(H,53,57)/b21-20-,24-23-,46-44+. The maximum atomic E-state index is 12.5. The van der Waals surface area contributed by atoms with Gasteiger partial charge in [0.25, 0.3) is 0 Å². The molecule has 0 saturated carbocycles. The lowest BCUT2D eigenvalue weighted by Gasteiger charge is -2.21. The quantitative estimate of drug-likeness (QED) is 0.0365. The van der Waals surface area contributed by atoms with Crippen LogP contribution in [0.2, 0.25) is 0 Å². The van der Waals surface area contributed by atoms with Gasteiger partial charge in [0, 0.05) is 0 Å². The molecule has 5 nitrogen and oxygen atoms in total. The molecule has 0 aliphatic heterocycles. The molecule has 0 aliphatic carbocycles. The first-order chi connectivity index (χ1) is 28.1. The zero-order valence-electron chi connectivity index (χ0n) is 38.2. The minimum absolute atomic E-state index is 0.363. The van der Waals surface area contributed by atoms with E-state index in [2.05, 4.69) is 43.5 Å². The number of carbonyl (C=O) groups is 1. The Bertz CT molecular complexity index is 885. The number of hydrogen-bond acceptors (Lipinski definition) is 4. The summed E-state index contributed by atoms with van der Waals surface area (Å²) in [6.07, 6.45) is 60.6. The Labute approximate surface area is 355 Å². The lowest BCUT2D eigenvalue weighted by molar-refractivity contribution is -0.131. The van der Waals surface area contributed by atoms with E-state index in [0.29, 0.717) is 6.42 Å². The molecule has 5 heteroatoms. The number of allylic oxidation sites excluding steroid dienone is 5. The molecule has 57 heavy (non-hydrogen) atoms. The molecule has 4 N–H and O–H groups in total. The minimum Gasteiger partial charge on any atom is -0.394 e. The Hall–Kier alpha value is -1.43. The third-order valence-electron chi connectivity index (χ3n) is 11.7. The second-order valence-electron chi connectivity index (χ2n) is 17.4. The number of carbonyl (C=O) groups excluding carboxylic acids is 1. The molecule has 0 aromatic rings. The average molecular weight is 802 g/mol. The van der Waals surface area contributed by atoms with Crippen molar-refractivity contribution in [3.8, 4) is 0 Å². The first-order valence-electron chi connectivity index (χ1n) is 25.3. The highest BCUT2D eigenvalue weighted by atomic mass is 16.3. The monoisotopic (exact) mass is 802 g/mol. The summed E-state index contributed by atoms with van der Waals surface area (Å²) in [6.45, 7) is 4.19. The molecule has 336 valence electrons. The predicted molar refractivity (Wildman–Crippen MR) is 250 cm³/mol. The Morgan fingerprint density at radius 1 is 0.439 bits per heavy atom. The SMILES string of the molecule is CCCCCCCCCCC/C=C\C/C=C\CCCCCCCCCCCCCCCCC(O)C(=O)NC(CO)C(O)/C=C/CCCCCCCCCCCCC. The Kier molecular flexibility index (Phi) is 46.1. The summed E-state index contributed by atoms with van der Waals surface area (Å²) in [5.74, 6) is -0.503. The van der Waals surface area contributed by atoms with E-state index in [9.17, 15) is 20.1 Å². The summed E-state index contributed by atoms with van der Waals surface area (Å²) < 4.78 is 0. The van der Waals surface area contributed by atoms with Gasteiger partial charge >= 0.3 is 0 Å². The van der Waals surface area contributed by atoms with Gasteiger partial charge in [-0.15, -0.1) is 0 Å². The van der Waals surface area contributed by atoms with Gasteiger partial charge in [-0.05, 0) is 51.4 Å². The van der Waals surface area contributed by atoms with Crippen LogP contribution < -0.4 is 5.32 Å². The summed E-state index contributed by atoms with van der Waals surface area (Å²) in [6, 6.07) is -0.796. The van der Waals surface area contributed by atoms with E-state index in [4.69, 9.17) is 0 Å². The van der Waals surface area contributed by atoms with Gasteiger partial charge in [-0.3, -0.25) is 4.79 Å². The molecule has 0 aromatic carbocycles. The first kappa shape index (κ1) is 55.6. The predicted octanol–water partition coefficient (Wildman–Crippen LogP) is 15.1. The van der Waals surface area contributed by atoms with Crippen molar-refractivity contribution in [3.05, 3.63) is 36.5 Å². The summed E-state index contributed by atoms with van der Waals surface area (Å²) in [4.78, 5) is 12.5. The second-order valence-corrected chi connectivity index (χ2v) is 17.4. The Morgan fingerprint density at radius 3 is 1.11 bits per heavy atom. The van der Waals surface area contributed by atoms with Gasteiger partial charge in [-0.25, -0.2) is 0 Å². The van der Waals surface area contributed by atoms with E-state index in [1.54, 1.807) is 6.08 Å². The van der Waals surface area contributed by atoms with Gasteiger partial charge in [0.1, 0.15) is 6.10 Å². The van der Waals surface area contributed by atoms with Crippen LogP contribution in [-0.2, 0) is 4.79 Å². The van der Waals surface area contributed by atoms with Crippen LogP contribution >= 0.6 is 0 Å². The molecule has 3 atom stereocenters. The van der Waals surface area contributed by atoms with Crippen LogP contribution in [0.1, 0.15) is 264 Å². The number of aliphatic hydroxyl groups excluding tert-OH is 3. The van der Waals surface area contributed by atoms with Crippen molar-refractivity contribution >= 4 is 5.91 Å². The number of hydrogen-bond donors (Lipinski definition) is 4. The van der Waals surface area contributed by atoms with E-state index in [-0.39, 0.29) is 6.61 Å². The maximum Gasteiger partial charge on any atom is 0.249 e. The topological polar surface area (TPSA) is 89.8 Å². The molecule has 0 heterocycles. The third-order valence-corrected chi connectivity index (χ3v) is 11.7. The third kappa shape index (κ3) is 42.5. The lowest BCUT2D eigenvalue weighted by atomic mass is 10.0. The van der Waals surface area contributed by atoms with E-state index in [1.807, 2.05) is 6.08 Å². The van der Waals surface area contributed by atoms with Crippen LogP contribution in [0.4, 0.5) is 0 Å². The summed E-state index contributed by atoms with van der Waals surface area (Å²) in [7, 11) is 0. The minimum atomic E-state index is -1.10. The smallest absolute Gasteiger partial charge is 0.249 e. The van der Waals surface area contributed by atoms with Crippen molar-refractivity contribution in [1.82, 2.24) is 5.32 Å². The molecular formula is C52H99NO4. The van der Waals surface area contributed by atoms with Crippen LogP contribution in [0.3, 0.4) is 0 Å². The van der Waals surface area contributed by atoms with E-state index in [0.717, 1.165) is 38.5 Å². The zero-order valence-corrected chi connectivity index (χ0v) is 38.2. The fourth-order valence-corrected chi connectivity index (χ4v) is 7.75. The highest BCUT2D eigenvalue weighted by Crippen LogP contribution is 2.16. The van der Waals surface area contributed by atoms with Gasteiger partial charge in [0.2, 0.25) is 5.91 Å². The highest BCUT2D eigenvalue weighted by Gasteiger charge is 2.22. The molecule has 0 saturated heterocycles. The molecule has 0 fully saturated rings. The van der Waals surface area contributed by atoms with Crippen molar-refractivity contribution in [3.63, 3.8) is 0 Å². The van der Waals surface area contributed by atoms with Gasteiger partial charge < -0.3 is 20.6 Å². The molecule has 0 bridgehead atoms. The van der Waals surface area contributed by atoms with Crippen LogP contribution in [-0.4, -0.2) is 46.1 Å². The zero-order chi connectivity index (χ0) is 41.5. The Morgan fingerprint density at radius 2 is 0.754 bits per heavy atom. The molecule has 0 aliphatic rings. The number of aliphatic hydroxyl groups is 3. The number of unbranched alkanes of at least 4 members (excludes halogenated alkanes) is 34. The first-order valence-corrected chi connectivity index (χ1v) is 25.3. The summed E-state index contributed by atoms with van der Waals surface area (Å²) >= 11 is 0. The maximum absolute atomic E-state index is 12.5. The van der Waals surface area contributed by atoms with Crippen LogP contribution in [0.25, 0.3) is 0 Å². The Balaban J connectivity index is 3.56. The van der Waals surface area contributed by atoms with Crippen molar-refractivity contribution in [1.29, 1.82) is 0 Å². The molecule has 0 rings (SSSR count). The van der Waals surface area contributed by atoms with Crippen molar-refractivity contribution in [2.75, 3.05) is 6.61 Å². The number of nitrogens with one attached hydrogen (secondary N) is 1. The van der Waals surface area contributed by atoms with Gasteiger partial charge in [0.15, 0.2) is 0 Å². The van der Waals surface area contributed by atoms with Gasteiger partial charge in [-0.2, -0.15) is 0 Å². The summed E-state index contributed by atoms with van der Waals surface area (Å²) in [5, 5.41) is 33.2. The highest BCUT2D eigenvalue weighted by molar-refractivity contribution is 5.80.